The fourth-order valence-corrected chi connectivity index (χ4v) is 4.53. The van der Waals surface area contributed by atoms with Crippen molar-refractivity contribution in [2.45, 2.75) is 17.4 Å². The molecule has 0 heterocycles. The molecule has 2 N–H and O–H groups in total. The third-order valence-electron chi connectivity index (χ3n) is 5.31. The second-order valence-electron chi connectivity index (χ2n) is 7.75. The van der Waals surface area contributed by atoms with Gasteiger partial charge in [0.2, 0.25) is 10.0 Å². The van der Waals surface area contributed by atoms with E-state index >= 15 is 0 Å². The highest BCUT2D eigenvalue weighted by Crippen LogP contribution is 2.14. The molecule has 3 aromatic rings. The van der Waals surface area contributed by atoms with Crippen molar-refractivity contribution in [3.63, 3.8) is 0 Å². The molecule has 0 fully saturated rings. The lowest BCUT2D eigenvalue weighted by Crippen LogP contribution is -2.43. The first-order valence-electron chi connectivity index (χ1n) is 10.9. The highest BCUT2D eigenvalue weighted by molar-refractivity contribution is 7.89. The minimum Gasteiger partial charge on any atom is -0.497 e. The first-order chi connectivity index (χ1) is 17.2. The average molecular weight is 511 g/mol. The van der Waals surface area contributed by atoms with Gasteiger partial charge in [-0.1, -0.05) is 30.3 Å². The van der Waals surface area contributed by atoms with Crippen molar-refractivity contribution in [2.24, 2.45) is 0 Å². The Labute approximate surface area is 209 Å². The summed E-state index contributed by atoms with van der Waals surface area (Å²) in [5.41, 5.74) is 1.34. The third-order valence-corrected chi connectivity index (χ3v) is 6.80. The van der Waals surface area contributed by atoms with E-state index in [0.29, 0.717) is 11.3 Å². The van der Waals surface area contributed by atoms with Crippen molar-refractivity contribution in [3.8, 4) is 5.75 Å². The number of ether oxygens (including phenoxy) is 2. The van der Waals surface area contributed by atoms with E-state index < -0.39 is 27.9 Å². The van der Waals surface area contributed by atoms with E-state index in [4.69, 9.17) is 9.47 Å². The van der Waals surface area contributed by atoms with Gasteiger partial charge in [-0.3, -0.25) is 14.4 Å². The maximum atomic E-state index is 12.9. The van der Waals surface area contributed by atoms with Gasteiger partial charge in [0.05, 0.1) is 25.7 Å². The van der Waals surface area contributed by atoms with Crippen LogP contribution in [-0.4, -0.2) is 52.9 Å². The second-order valence-corrected chi connectivity index (χ2v) is 9.46. The Balaban J connectivity index is 1.64. The maximum Gasteiger partial charge on any atom is 0.324 e. The van der Waals surface area contributed by atoms with Crippen LogP contribution < -0.4 is 14.8 Å². The largest absolute Gasteiger partial charge is 0.497 e. The molecule has 0 aliphatic carbocycles. The molecule has 0 aromatic heterocycles. The number of rotatable bonds is 11. The Bertz CT molecular complexity index is 1310. The molecule has 0 bridgehead atoms. The van der Waals surface area contributed by atoms with Gasteiger partial charge in [-0.15, -0.1) is 0 Å². The van der Waals surface area contributed by atoms with Gasteiger partial charge >= 0.3 is 5.97 Å². The Hall–Kier alpha value is -4.02. The van der Waals surface area contributed by atoms with Crippen molar-refractivity contribution in [1.29, 1.82) is 0 Å². The molecule has 1 atom stereocenters. The summed E-state index contributed by atoms with van der Waals surface area (Å²) in [6, 6.07) is 19.4. The lowest BCUT2D eigenvalue weighted by Gasteiger charge is -2.17. The van der Waals surface area contributed by atoms with E-state index in [9.17, 15) is 22.8 Å². The first kappa shape index (κ1) is 26.6. The zero-order valence-corrected chi connectivity index (χ0v) is 20.6. The lowest BCUT2D eigenvalue weighted by molar-refractivity contribution is -0.142. The topological polar surface area (TPSA) is 128 Å². The maximum absolute atomic E-state index is 12.9. The van der Waals surface area contributed by atoms with Crippen LogP contribution in [0, 0.1) is 0 Å². The van der Waals surface area contributed by atoms with Crippen molar-refractivity contribution in [1.82, 2.24) is 10.0 Å². The van der Waals surface area contributed by atoms with E-state index in [2.05, 4.69) is 10.0 Å². The van der Waals surface area contributed by atoms with Gasteiger partial charge in [0.1, 0.15) is 11.8 Å². The number of amides is 1. The molecule has 36 heavy (non-hydrogen) atoms. The van der Waals surface area contributed by atoms with Crippen molar-refractivity contribution in [2.75, 3.05) is 20.8 Å². The number of benzene rings is 3. The molecule has 3 rings (SSSR count). The summed E-state index contributed by atoms with van der Waals surface area (Å²) in [4.78, 5) is 36.8. The number of methoxy groups -OCH3 is 2. The average Bonchev–Trinajstić information content (AvgIpc) is 2.91. The monoisotopic (exact) mass is 510 g/mol. The Morgan fingerprint density at radius 2 is 1.44 bits per heavy atom. The molecule has 10 heteroatoms. The third kappa shape index (κ3) is 7.00. The minimum absolute atomic E-state index is 0.107. The van der Waals surface area contributed by atoms with Crippen LogP contribution in [0.5, 0.6) is 5.75 Å². The number of hydrogen-bond acceptors (Lipinski definition) is 7. The van der Waals surface area contributed by atoms with Crippen LogP contribution in [0.1, 0.15) is 26.3 Å². The fraction of sp³-hybridized carbons (Fsp3) is 0.192. The Morgan fingerprint density at radius 3 is 2.03 bits per heavy atom. The minimum atomic E-state index is -4.09. The molecule has 0 aliphatic rings. The van der Waals surface area contributed by atoms with Crippen molar-refractivity contribution < 1.29 is 32.3 Å². The molecule has 1 amide bonds. The second kappa shape index (κ2) is 12.1. The molecule has 0 saturated carbocycles. The fourth-order valence-electron chi connectivity index (χ4n) is 3.35. The zero-order chi connectivity index (χ0) is 26.1. The molecule has 0 spiro atoms. The van der Waals surface area contributed by atoms with Crippen LogP contribution in [-0.2, 0) is 26.0 Å². The molecule has 3 aromatic carbocycles. The number of sulfonamides is 1. The van der Waals surface area contributed by atoms with Gasteiger partial charge in [-0.25, -0.2) is 8.42 Å². The van der Waals surface area contributed by atoms with E-state index in [1.165, 1.54) is 38.5 Å². The van der Waals surface area contributed by atoms with E-state index in [1.807, 2.05) is 6.07 Å². The van der Waals surface area contributed by atoms with Crippen LogP contribution in [0.15, 0.2) is 83.8 Å². The van der Waals surface area contributed by atoms with Gasteiger partial charge in [0, 0.05) is 11.1 Å². The summed E-state index contributed by atoms with van der Waals surface area (Å²) in [5.74, 6) is -0.940. The van der Waals surface area contributed by atoms with Crippen LogP contribution in [0.2, 0.25) is 0 Å². The molecular formula is C26H26N2O7S. The molecule has 0 saturated heterocycles. The number of hydrogen-bond donors (Lipinski definition) is 2. The van der Waals surface area contributed by atoms with Crippen LogP contribution >= 0.6 is 0 Å². The first-order valence-corrected chi connectivity index (χ1v) is 12.4. The number of ketones is 1. The molecule has 0 unspecified atom stereocenters. The summed E-state index contributed by atoms with van der Waals surface area (Å²) in [5, 5.41) is 2.52. The SMILES string of the molecule is COC(=O)[C@@H](Cc1ccccc1)NS(=O)(=O)c1ccc(C(=O)NCC(=O)c2ccc(OC)cc2)cc1. The lowest BCUT2D eigenvalue weighted by atomic mass is 10.1. The molecule has 9 nitrogen and oxygen atoms in total. The van der Waals surface area contributed by atoms with Gasteiger partial charge in [-0.2, -0.15) is 4.72 Å². The van der Waals surface area contributed by atoms with Crippen molar-refractivity contribution >= 4 is 27.7 Å². The van der Waals surface area contributed by atoms with Gasteiger partial charge in [0.15, 0.2) is 5.78 Å². The van der Waals surface area contributed by atoms with Crippen LogP contribution in [0.25, 0.3) is 0 Å². The summed E-state index contributed by atoms with van der Waals surface area (Å²) >= 11 is 0. The number of nitrogens with one attached hydrogen (secondary N) is 2. The summed E-state index contributed by atoms with van der Waals surface area (Å²) < 4.78 is 37.9. The van der Waals surface area contributed by atoms with Gasteiger partial charge in [0.25, 0.3) is 5.91 Å². The van der Waals surface area contributed by atoms with E-state index in [-0.39, 0.29) is 29.2 Å². The highest BCUT2D eigenvalue weighted by atomic mass is 32.2. The zero-order valence-electron chi connectivity index (χ0n) is 19.8. The van der Waals surface area contributed by atoms with Crippen LogP contribution in [0.4, 0.5) is 0 Å². The number of Topliss-reactive ketones (excluding diaryl/α,β-unsaturated/α-hetero) is 1. The van der Waals surface area contributed by atoms with Gasteiger partial charge in [-0.05, 0) is 60.5 Å². The number of esters is 1. The standard InChI is InChI=1S/C26H26N2O7S/c1-34-21-12-8-19(9-13-21)24(29)17-27-25(30)20-10-14-22(15-11-20)36(32,33)28-23(26(31)35-2)16-18-6-4-3-5-7-18/h3-15,23,28H,16-17H2,1-2H3,(H,27,30)/t23-/m1/s1. The smallest absolute Gasteiger partial charge is 0.324 e. The predicted octanol–water partition coefficient (Wildman–Crippen LogP) is 2.37. The normalized spacial score (nSPS) is 11.8. The number of carbonyl (C=O) groups is 3. The van der Waals surface area contributed by atoms with E-state index in [1.54, 1.807) is 48.5 Å². The van der Waals surface area contributed by atoms with Crippen LogP contribution in [0.3, 0.4) is 0 Å². The molecule has 0 aliphatic heterocycles. The summed E-state index contributed by atoms with van der Waals surface area (Å²) in [6.45, 7) is -0.229. The Kier molecular flexibility index (Phi) is 8.93. The molecular weight excluding hydrogens is 484 g/mol. The van der Waals surface area contributed by atoms with E-state index in [0.717, 1.165) is 5.56 Å². The molecule has 0 radical (unpaired) electrons. The molecule has 188 valence electrons. The summed E-state index contributed by atoms with van der Waals surface area (Å²) in [7, 11) is -1.39. The quantitative estimate of drug-likeness (QED) is 0.299. The predicted molar refractivity (Wildman–Crippen MR) is 132 cm³/mol. The number of carbonyl (C=O) groups excluding carboxylic acids is 3. The van der Waals surface area contributed by atoms with Crippen molar-refractivity contribution in [3.05, 3.63) is 95.6 Å². The summed E-state index contributed by atoms with van der Waals surface area (Å²) in [6.07, 6.45) is 0.107. The highest BCUT2D eigenvalue weighted by Gasteiger charge is 2.27. The Morgan fingerprint density at radius 1 is 0.833 bits per heavy atom. The van der Waals surface area contributed by atoms with Gasteiger partial charge < -0.3 is 14.8 Å².